The van der Waals surface area contributed by atoms with Gasteiger partial charge in [-0.05, 0) is 30.9 Å². The second-order valence-corrected chi connectivity index (χ2v) is 6.41. The van der Waals surface area contributed by atoms with Crippen molar-refractivity contribution in [1.82, 2.24) is 9.88 Å². The molecule has 0 saturated heterocycles. The van der Waals surface area contributed by atoms with E-state index < -0.39 is 0 Å². The van der Waals surface area contributed by atoms with Gasteiger partial charge in [-0.1, -0.05) is 24.3 Å². The molecular formula is C16H18N2OS. The zero-order chi connectivity index (χ0) is 13.9. The highest BCUT2D eigenvalue weighted by atomic mass is 32.1. The minimum atomic E-state index is 0.209. The molecule has 0 aliphatic heterocycles. The van der Waals surface area contributed by atoms with Crippen LogP contribution in [0, 0.1) is 5.92 Å². The summed E-state index contributed by atoms with van der Waals surface area (Å²) in [5.41, 5.74) is 1.02. The van der Waals surface area contributed by atoms with Gasteiger partial charge >= 0.3 is 0 Å². The minimum absolute atomic E-state index is 0.209. The van der Waals surface area contributed by atoms with Gasteiger partial charge in [0.05, 0.1) is 16.8 Å². The fraction of sp³-hybridized carbons (Fsp3) is 0.375. The Morgan fingerprint density at radius 3 is 3.05 bits per heavy atom. The van der Waals surface area contributed by atoms with Crippen LogP contribution in [0.25, 0.3) is 10.2 Å². The zero-order valence-corrected chi connectivity index (χ0v) is 12.4. The van der Waals surface area contributed by atoms with Gasteiger partial charge in [0.25, 0.3) is 0 Å². The molecule has 0 fully saturated rings. The zero-order valence-electron chi connectivity index (χ0n) is 11.6. The molecule has 1 unspecified atom stereocenters. The van der Waals surface area contributed by atoms with Crippen molar-refractivity contribution in [3.63, 3.8) is 0 Å². The number of hydrogen-bond acceptors (Lipinski definition) is 3. The maximum absolute atomic E-state index is 12.2. The maximum atomic E-state index is 12.2. The molecule has 3 nitrogen and oxygen atoms in total. The van der Waals surface area contributed by atoms with Gasteiger partial charge in [0, 0.05) is 13.5 Å². The lowest BCUT2D eigenvalue weighted by atomic mass is 10.0. The lowest BCUT2D eigenvalue weighted by Crippen LogP contribution is -2.27. The number of nitrogens with zero attached hydrogens (tertiary/aromatic N) is 2. The van der Waals surface area contributed by atoms with Gasteiger partial charge in [-0.2, -0.15) is 0 Å². The van der Waals surface area contributed by atoms with Crippen molar-refractivity contribution in [1.29, 1.82) is 0 Å². The molecular weight excluding hydrogens is 268 g/mol. The first-order valence-electron chi connectivity index (χ1n) is 6.97. The van der Waals surface area contributed by atoms with Crippen LogP contribution in [0.1, 0.15) is 24.3 Å². The summed E-state index contributed by atoms with van der Waals surface area (Å²) in [5, 5.41) is 1.00. The Kier molecular flexibility index (Phi) is 3.83. The van der Waals surface area contributed by atoms with Crippen LogP contribution in [0.5, 0.6) is 0 Å². The summed E-state index contributed by atoms with van der Waals surface area (Å²) in [7, 11) is 1.87. The normalized spacial score (nSPS) is 17.8. The van der Waals surface area contributed by atoms with E-state index in [0.717, 1.165) is 23.4 Å². The Morgan fingerprint density at radius 1 is 1.45 bits per heavy atom. The highest BCUT2D eigenvalue weighted by molar-refractivity contribution is 7.18. The second-order valence-electron chi connectivity index (χ2n) is 5.29. The van der Waals surface area contributed by atoms with Crippen molar-refractivity contribution in [3.05, 3.63) is 41.4 Å². The van der Waals surface area contributed by atoms with Crippen molar-refractivity contribution < 1.29 is 4.79 Å². The first-order chi connectivity index (χ1) is 9.72. The van der Waals surface area contributed by atoms with E-state index in [9.17, 15) is 4.79 Å². The molecule has 4 heteroatoms. The van der Waals surface area contributed by atoms with Crippen LogP contribution in [0.15, 0.2) is 36.4 Å². The van der Waals surface area contributed by atoms with Gasteiger partial charge in [0.2, 0.25) is 5.91 Å². The Hall–Kier alpha value is -1.68. The highest BCUT2D eigenvalue weighted by Gasteiger charge is 2.18. The third-order valence-corrected chi connectivity index (χ3v) is 4.71. The van der Waals surface area contributed by atoms with E-state index in [0.29, 0.717) is 18.9 Å². The summed E-state index contributed by atoms with van der Waals surface area (Å²) >= 11 is 1.67. The highest BCUT2D eigenvalue weighted by Crippen LogP contribution is 2.24. The van der Waals surface area contributed by atoms with E-state index in [4.69, 9.17) is 0 Å². The molecule has 0 radical (unpaired) electrons. The Morgan fingerprint density at radius 2 is 2.30 bits per heavy atom. The average molecular weight is 286 g/mol. The van der Waals surface area contributed by atoms with Crippen molar-refractivity contribution >= 4 is 27.5 Å². The first-order valence-corrected chi connectivity index (χ1v) is 7.79. The fourth-order valence-corrected chi connectivity index (χ4v) is 3.54. The number of para-hydroxylation sites is 1. The SMILES string of the molecule is CN(Cc1nc2ccccc2s1)C(=O)CC1C=CCC1. The van der Waals surface area contributed by atoms with Crippen molar-refractivity contribution in [3.8, 4) is 0 Å². The standard InChI is InChI=1S/C16H18N2OS/c1-18(16(19)10-12-6-2-3-7-12)11-15-17-13-8-4-5-9-14(13)20-15/h2,4-6,8-9,12H,3,7,10-11H2,1H3. The van der Waals surface area contributed by atoms with Crippen LogP contribution in [0.4, 0.5) is 0 Å². The molecule has 104 valence electrons. The molecule has 20 heavy (non-hydrogen) atoms. The molecule has 0 N–H and O–H groups in total. The monoisotopic (exact) mass is 286 g/mol. The molecule has 0 bridgehead atoms. The summed E-state index contributed by atoms with van der Waals surface area (Å²) in [5.74, 6) is 0.640. The van der Waals surface area contributed by atoms with E-state index in [-0.39, 0.29) is 5.91 Å². The number of benzene rings is 1. The number of thiazole rings is 1. The molecule has 1 atom stereocenters. The van der Waals surface area contributed by atoms with E-state index in [2.05, 4.69) is 23.2 Å². The third kappa shape index (κ3) is 2.90. The number of aromatic nitrogens is 1. The molecule has 0 saturated carbocycles. The Bertz CT molecular complexity index is 614. The number of rotatable bonds is 4. The lowest BCUT2D eigenvalue weighted by molar-refractivity contribution is -0.131. The lowest BCUT2D eigenvalue weighted by Gasteiger charge is -2.17. The van der Waals surface area contributed by atoms with Gasteiger partial charge in [0.1, 0.15) is 5.01 Å². The summed E-state index contributed by atoms with van der Waals surface area (Å²) in [6, 6.07) is 8.10. The Labute approximate surface area is 122 Å². The molecule has 3 rings (SSSR count). The van der Waals surface area contributed by atoms with E-state index in [1.165, 1.54) is 4.70 Å². The second kappa shape index (κ2) is 5.75. The molecule has 2 aromatic rings. The van der Waals surface area contributed by atoms with Crippen LogP contribution in [0.2, 0.25) is 0 Å². The predicted molar refractivity (Wildman–Crippen MR) is 82.6 cm³/mol. The molecule has 1 amide bonds. The molecule has 1 aliphatic carbocycles. The number of allylic oxidation sites excluding steroid dienone is 2. The molecule has 1 aromatic carbocycles. The average Bonchev–Trinajstić information content (AvgIpc) is 3.06. The number of carbonyl (C=O) groups is 1. The van der Waals surface area contributed by atoms with Gasteiger partial charge in [-0.25, -0.2) is 4.98 Å². The number of amides is 1. The molecule has 0 spiro atoms. The van der Waals surface area contributed by atoms with Crippen LogP contribution < -0.4 is 0 Å². The van der Waals surface area contributed by atoms with Crippen LogP contribution in [-0.2, 0) is 11.3 Å². The van der Waals surface area contributed by atoms with Crippen molar-refractivity contribution in [2.75, 3.05) is 7.05 Å². The maximum Gasteiger partial charge on any atom is 0.223 e. The summed E-state index contributed by atoms with van der Waals surface area (Å²) in [6.07, 6.45) is 7.19. The largest absolute Gasteiger partial charge is 0.339 e. The van der Waals surface area contributed by atoms with Crippen molar-refractivity contribution in [2.45, 2.75) is 25.8 Å². The number of carbonyl (C=O) groups excluding carboxylic acids is 1. The number of hydrogen-bond donors (Lipinski definition) is 0. The minimum Gasteiger partial charge on any atom is -0.339 e. The number of fused-ring (bicyclic) bond motifs is 1. The van der Waals surface area contributed by atoms with E-state index >= 15 is 0 Å². The Balaban J connectivity index is 1.63. The van der Waals surface area contributed by atoms with E-state index in [1.54, 1.807) is 16.2 Å². The van der Waals surface area contributed by atoms with Gasteiger partial charge in [0.15, 0.2) is 0 Å². The molecule has 1 aromatic heterocycles. The van der Waals surface area contributed by atoms with Gasteiger partial charge in [-0.3, -0.25) is 4.79 Å². The van der Waals surface area contributed by atoms with E-state index in [1.807, 2.05) is 25.2 Å². The summed E-state index contributed by atoms with van der Waals surface area (Å²) in [4.78, 5) is 18.6. The first kappa shape index (κ1) is 13.3. The van der Waals surface area contributed by atoms with Gasteiger partial charge < -0.3 is 4.90 Å². The smallest absolute Gasteiger partial charge is 0.223 e. The van der Waals surface area contributed by atoms with Crippen LogP contribution in [0.3, 0.4) is 0 Å². The third-order valence-electron chi connectivity index (χ3n) is 3.69. The van der Waals surface area contributed by atoms with Gasteiger partial charge in [-0.15, -0.1) is 11.3 Å². The van der Waals surface area contributed by atoms with Crippen molar-refractivity contribution in [2.24, 2.45) is 5.92 Å². The topological polar surface area (TPSA) is 33.2 Å². The fourth-order valence-electron chi connectivity index (χ4n) is 2.52. The predicted octanol–water partition coefficient (Wildman–Crippen LogP) is 3.61. The van der Waals surface area contributed by atoms with Crippen LogP contribution in [-0.4, -0.2) is 22.8 Å². The quantitative estimate of drug-likeness (QED) is 0.804. The van der Waals surface area contributed by atoms with Crippen LogP contribution >= 0.6 is 11.3 Å². The molecule has 1 heterocycles. The summed E-state index contributed by atoms with van der Waals surface area (Å²) in [6.45, 7) is 0.606. The summed E-state index contributed by atoms with van der Waals surface area (Å²) < 4.78 is 1.18. The molecule has 1 aliphatic rings.